The third-order valence-electron chi connectivity index (χ3n) is 4.99. The molecule has 1 aliphatic rings. The number of amides is 1. The van der Waals surface area contributed by atoms with E-state index in [1.54, 1.807) is 12.4 Å². The minimum absolute atomic E-state index is 0.0294. The molecule has 140 valence electrons. The van der Waals surface area contributed by atoms with Crippen LogP contribution in [0.3, 0.4) is 0 Å². The highest BCUT2D eigenvalue weighted by molar-refractivity contribution is 5.82. The molecular formula is C20H24N6O. The summed E-state index contributed by atoms with van der Waals surface area (Å²) < 4.78 is 0. The molecule has 7 heteroatoms. The van der Waals surface area contributed by atoms with Crippen molar-refractivity contribution in [2.45, 2.75) is 38.4 Å². The maximum absolute atomic E-state index is 12.9. The summed E-state index contributed by atoms with van der Waals surface area (Å²) in [6.45, 7) is 4.16. The summed E-state index contributed by atoms with van der Waals surface area (Å²) in [7, 11) is 0. The number of benzene rings is 1. The zero-order valence-electron chi connectivity index (χ0n) is 15.4. The normalized spacial score (nSPS) is 20.9. The molecule has 0 aliphatic carbocycles. The van der Waals surface area contributed by atoms with Crippen molar-refractivity contribution in [2.75, 3.05) is 0 Å². The topological polar surface area (TPSA) is 94.7 Å². The summed E-state index contributed by atoms with van der Waals surface area (Å²) in [4.78, 5) is 24.9. The van der Waals surface area contributed by atoms with Crippen molar-refractivity contribution in [3.05, 3.63) is 60.2 Å². The van der Waals surface area contributed by atoms with Gasteiger partial charge in [0.25, 0.3) is 0 Å². The molecule has 1 aromatic carbocycles. The largest absolute Gasteiger partial charge is 0.344 e. The highest BCUT2D eigenvalue weighted by Gasteiger charge is 2.32. The molecule has 1 aliphatic heterocycles. The van der Waals surface area contributed by atoms with Crippen LogP contribution >= 0.6 is 0 Å². The van der Waals surface area contributed by atoms with E-state index in [0.717, 1.165) is 22.4 Å². The summed E-state index contributed by atoms with van der Waals surface area (Å²) in [6, 6.07) is 11.4. The Kier molecular flexibility index (Phi) is 4.87. The van der Waals surface area contributed by atoms with Gasteiger partial charge in [-0.1, -0.05) is 26.0 Å². The summed E-state index contributed by atoms with van der Waals surface area (Å²) in [6.07, 6.45) is 4.21. The number of fused-ring (bicyclic) bond motifs is 1. The Morgan fingerprint density at radius 3 is 2.67 bits per heavy atom. The number of H-pyrrole nitrogens is 1. The van der Waals surface area contributed by atoms with Crippen LogP contribution in [0, 0.1) is 5.92 Å². The van der Waals surface area contributed by atoms with Crippen LogP contribution in [-0.2, 0) is 4.79 Å². The monoisotopic (exact) mass is 364 g/mol. The first-order valence-corrected chi connectivity index (χ1v) is 9.28. The van der Waals surface area contributed by atoms with Gasteiger partial charge in [0.15, 0.2) is 0 Å². The molecule has 1 amide bonds. The zero-order chi connectivity index (χ0) is 18.8. The first-order chi connectivity index (χ1) is 13.1. The molecule has 3 heterocycles. The molecule has 3 atom stereocenters. The number of imidazole rings is 1. The second-order valence-corrected chi connectivity index (χ2v) is 7.28. The predicted molar refractivity (Wildman–Crippen MR) is 103 cm³/mol. The number of nitrogens with zero attached hydrogens (tertiary/aromatic N) is 2. The average Bonchev–Trinajstić information content (AvgIpc) is 3.33. The first kappa shape index (κ1) is 17.6. The van der Waals surface area contributed by atoms with Gasteiger partial charge in [-0.25, -0.2) is 15.8 Å². The van der Waals surface area contributed by atoms with Crippen LogP contribution in [0.5, 0.6) is 0 Å². The fourth-order valence-electron chi connectivity index (χ4n) is 3.47. The molecule has 3 aromatic rings. The highest BCUT2D eigenvalue weighted by atomic mass is 16.2. The Bertz CT molecular complexity index is 889. The highest BCUT2D eigenvalue weighted by Crippen LogP contribution is 2.25. The van der Waals surface area contributed by atoms with Crippen LogP contribution in [0.15, 0.2) is 48.8 Å². The Morgan fingerprint density at radius 2 is 1.93 bits per heavy atom. The van der Waals surface area contributed by atoms with Crippen molar-refractivity contribution in [3.63, 3.8) is 0 Å². The van der Waals surface area contributed by atoms with Gasteiger partial charge in [-0.2, -0.15) is 0 Å². The molecular weight excluding hydrogens is 340 g/mol. The van der Waals surface area contributed by atoms with Crippen molar-refractivity contribution >= 4 is 16.9 Å². The summed E-state index contributed by atoms with van der Waals surface area (Å²) in [5.74, 6) is 0.967. The van der Waals surface area contributed by atoms with E-state index < -0.39 is 0 Å². The van der Waals surface area contributed by atoms with Crippen LogP contribution < -0.4 is 16.2 Å². The van der Waals surface area contributed by atoms with Gasteiger partial charge in [0, 0.05) is 18.4 Å². The molecule has 4 rings (SSSR count). The average molecular weight is 364 g/mol. The van der Waals surface area contributed by atoms with Crippen molar-refractivity contribution in [1.29, 1.82) is 0 Å². The van der Waals surface area contributed by atoms with Gasteiger partial charge in [-0.15, -0.1) is 0 Å². The Morgan fingerprint density at radius 1 is 1.15 bits per heavy atom. The third kappa shape index (κ3) is 3.70. The Hall–Kier alpha value is -2.77. The van der Waals surface area contributed by atoms with E-state index in [4.69, 9.17) is 0 Å². The number of hydrogen-bond acceptors (Lipinski definition) is 5. The lowest BCUT2D eigenvalue weighted by molar-refractivity contribution is -0.124. The fraction of sp³-hybridized carbons (Fsp3) is 0.350. The molecule has 2 aromatic heterocycles. The molecule has 0 spiro atoms. The third-order valence-corrected chi connectivity index (χ3v) is 4.99. The lowest BCUT2D eigenvalue weighted by atomic mass is 10.0. The van der Waals surface area contributed by atoms with E-state index in [0.29, 0.717) is 6.42 Å². The quantitative estimate of drug-likeness (QED) is 0.558. The molecule has 3 unspecified atom stereocenters. The molecule has 7 nitrogen and oxygen atoms in total. The maximum Gasteiger partial charge on any atom is 0.239 e. The molecule has 4 N–H and O–H groups in total. The number of carbonyl (C=O) groups excluding carboxylic acids is 1. The minimum atomic E-state index is -0.297. The number of rotatable bonds is 5. The number of hydrogen-bond donors (Lipinski definition) is 4. The number of hydrazine groups is 1. The van der Waals surface area contributed by atoms with Crippen LogP contribution in [-0.4, -0.2) is 26.9 Å². The maximum atomic E-state index is 12.9. The number of aromatic nitrogens is 3. The van der Waals surface area contributed by atoms with Gasteiger partial charge in [0.2, 0.25) is 5.91 Å². The van der Waals surface area contributed by atoms with Crippen LogP contribution in [0.25, 0.3) is 11.0 Å². The first-order valence-electron chi connectivity index (χ1n) is 9.28. The van der Waals surface area contributed by atoms with Gasteiger partial charge in [0.1, 0.15) is 11.9 Å². The number of pyridine rings is 1. The standard InChI is InChI=1S/C20H24N6O/c1-12(2)18(19-22-14-5-3-4-6-15(14)23-19)24-20(27)17-11-16(25-26-17)13-7-9-21-10-8-13/h3-10,12,16-18,25-26H,11H2,1-2H3,(H,22,23)(H,24,27). The summed E-state index contributed by atoms with van der Waals surface area (Å²) in [5, 5.41) is 3.16. The summed E-state index contributed by atoms with van der Waals surface area (Å²) >= 11 is 0. The van der Waals surface area contributed by atoms with Gasteiger partial charge in [-0.05, 0) is 42.2 Å². The van der Waals surface area contributed by atoms with Crippen molar-refractivity contribution in [2.24, 2.45) is 5.92 Å². The molecule has 27 heavy (non-hydrogen) atoms. The van der Waals surface area contributed by atoms with E-state index in [1.165, 1.54) is 0 Å². The molecule has 1 fully saturated rings. The fourth-order valence-corrected chi connectivity index (χ4v) is 3.47. The van der Waals surface area contributed by atoms with Gasteiger partial charge in [0.05, 0.1) is 17.1 Å². The van der Waals surface area contributed by atoms with E-state index in [9.17, 15) is 4.79 Å². The van der Waals surface area contributed by atoms with Gasteiger partial charge >= 0.3 is 0 Å². The molecule has 0 radical (unpaired) electrons. The summed E-state index contributed by atoms with van der Waals surface area (Å²) in [5.41, 5.74) is 9.32. The zero-order valence-corrected chi connectivity index (χ0v) is 15.4. The number of aromatic amines is 1. The predicted octanol–water partition coefficient (Wildman–Crippen LogP) is 2.38. The number of nitrogens with one attached hydrogen (secondary N) is 4. The van der Waals surface area contributed by atoms with E-state index in [1.807, 2.05) is 36.4 Å². The van der Waals surface area contributed by atoms with E-state index in [2.05, 4.69) is 45.0 Å². The van der Waals surface area contributed by atoms with E-state index in [-0.39, 0.29) is 30.0 Å². The van der Waals surface area contributed by atoms with Crippen molar-refractivity contribution in [1.82, 2.24) is 31.1 Å². The second kappa shape index (κ2) is 7.46. The molecule has 1 saturated heterocycles. The second-order valence-electron chi connectivity index (χ2n) is 7.28. The number of para-hydroxylation sites is 2. The Balaban J connectivity index is 1.46. The van der Waals surface area contributed by atoms with Gasteiger partial charge < -0.3 is 10.3 Å². The minimum Gasteiger partial charge on any atom is -0.344 e. The Labute approximate surface area is 158 Å². The van der Waals surface area contributed by atoms with Crippen molar-refractivity contribution < 1.29 is 4.79 Å². The SMILES string of the molecule is CC(C)C(NC(=O)C1CC(c2ccncc2)NN1)c1nc2ccccc2[nH]1. The van der Waals surface area contributed by atoms with Crippen LogP contribution in [0.4, 0.5) is 0 Å². The van der Waals surface area contributed by atoms with Crippen LogP contribution in [0.1, 0.15) is 43.7 Å². The van der Waals surface area contributed by atoms with Crippen molar-refractivity contribution in [3.8, 4) is 0 Å². The molecule has 0 saturated carbocycles. The van der Waals surface area contributed by atoms with Crippen LogP contribution in [0.2, 0.25) is 0 Å². The smallest absolute Gasteiger partial charge is 0.239 e. The van der Waals surface area contributed by atoms with E-state index >= 15 is 0 Å². The lowest BCUT2D eigenvalue weighted by Gasteiger charge is -2.22. The number of carbonyl (C=O) groups is 1. The lowest BCUT2D eigenvalue weighted by Crippen LogP contribution is -2.45. The molecule has 0 bridgehead atoms. The van der Waals surface area contributed by atoms with Gasteiger partial charge in [-0.3, -0.25) is 9.78 Å².